The van der Waals surface area contributed by atoms with Crippen LogP contribution in [0.1, 0.15) is 117 Å². The smallest absolute Gasteiger partial charge is 0.407 e. The molecule has 17 heteroatoms. The fourth-order valence-electron chi connectivity index (χ4n) is 8.66. The molecular weight excluding hydrogens is 933 g/mol. The molecule has 2 saturated carbocycles. The average molecular weight is 1000 g/mol. The Labute approximate surface area is 425 Å². The predicted octanol–water partition coefficient (Wildman–Crippen LogP) is 10.5. The molecule has 2 aromatic heterocycles. The van der Waals surface area contributed by atoms with Gasteiger partial charge in [0.1, 0.15) is 11.2 Å². The Morgan fingerprint density at radius 1 is 0.575 bits per heavy atom. The molecule has 6 aromatic rings. The van der Waals surface area contributed by atoms with Gasteiger partial charge in [-0.3, -0.25) is 9.59 Å². The largest absolute Gasteiger partial charge is 0.481 e. The van der Waals surface area contributed by atoms with Gasteiger partial charge < -0.3 is 65.2 Å². The van der Waals surface area contributed by atoms with E-state index in [4.69, 9.17) is 39.3 Å². The molecule has 73 heavy (non-hydrogen) atoms. The molecule has 0 unspecified atom stereocenters. The minimum absolute atomic E-state index is 0.0154. The zero-order valence-electron chi connectivity index (χ0n) is 43.3. The van der Waals surface area contributed by atoms with E-state index in [2.05, 4.69) is 65.7 Å². The summed E-state index contributed by atoms with van der Waals surface area (Å²) >= 11 is 0. The normalized spacial score (nSPS) is 15.8. The van der Waals surface area contributed by atoms with Crippen LogP contribution in [0.25, 0.3) is 21.8 Å². The van der Waals surface area contributed by atoms with E-state index in [1.165, 1.54) is 0 Å². The standard InChI is InChI=1S/C28H33N3O5.C17H25N3O2.C11H10O4/c1-26(2,3)36-25(33)29-15-27(4,5)23-13-17-12-19(7-8-20(17)31-23)30-24(32)28(10-11-28)18-6-9-21-22(14-18)35-16-34-21;1-16(2,3)22-15(21)19-10-17(4,5)14-9-11-8-12(18)6-7-13(11)20-14;12-10(13)11(3-4-11)7-1-2-8-9(5-7)15-6-14-8/h6-9,12-14,31H,10-11,15-16H2,1-5H3,(H,29,33)(H,30,32);6-9,20H,10,18H2,1-5H3,(H,19,21);1-2,5H,3-4,6H2,(H,12,13). The summed E-state index contributed by atoms with van der Waals surface area (Å²) in [6, 6.07) is 26.9. The van der Waals surface area contributed by atoms with Gasteiger partial charge in [-0.15, -0.1) is 0 Å². The molecule has 2 aliphatic carbocycles. The van der Waals surface area contributed by atoms with Gasteiger partial charge in [-0.2, -0.15) is 0 Å². The summed E-state index contributed by atoms with van der Waals surface area (Å²) in [6.07, 6.45) is 2.18. The van der Waals surface area contributed by atoms with E-state index in [-0.39, 0.29) is 30.3 Å². The van der Waals surface area contributed by atoms with Crippen LogP contribution >= 0.6 is 0 Å². The maximum atomic E-state index is 13.3. The molecule has 4 aromatic carbocycles. The summed E-state index contributed by atoms with van der Waals surface area (Å²) in [5, 5.41) is 20.0. The van der Waals surface area contributed by atoms with Crippen molar-refractivity contribution in [2.75, 3.05) is 37.7 Å². The number of aliphatic carboxylic acids is 1. The number of carbonyl (C=O) groups is 4. The summed E-state index contributed by atoms with van der Waals surface area (Å²) in [4.78, 5) is 55.1. The quantitative estimate of drug-likeness (QED) is 0.0600. The third kappa shape index (κ3) is 12.0. The lowest BCUT2D eigenvalue weighted by Crippen LogP contribution is -2.39. The summed E-state index contributed by atoms with van der Waals surface area (Å²) < 4.78 is 31.9. The topological polar surface area (TPSA) is 238 Å². The first kappa shape index (κ1) is 51.8. The molecule has 0 radical (unpaired) electrons. The van der Waals surface area contributed by atoms with Crippen molar-refractivity contribution >= 4 is 57.2 Å². The first-order valence-electron chi connectivity index (χ1n) is 24.6. The number of nitrogens with one attached hydrogen (secondary N) is 5. The summed E-state index contributed by atoms with van der Waals surface area (Å²) in [5.41, 5.74) is 10.3. The molecule has 17 nitrogen and oxygen atoms in total. The Morgan fingerprint density at radius 2 is 1.01 bits per heavy atom. The van der Waals surface area contributed by atoms with Crippen molar-refractivity contribution in [1.82, 2.24) is 20.6 Å². The van der Waals surface area contributed by atoms with Gasteiger partial charge in [0.25, 0.3) is 0 Å². The number of nitrogens with two attached hydrogens (primary N) is 1. The number of alkyl carbamates (subject to hydrolysis) is 2. The lowest BCUT2D eigenvalue weighted by Gasteiger charge is -2.25. The molecule has 2 fully saturated rings. The van der Waals surface area contributed by atoms with Crippen molar-refractivity contribution in [1.29, 1.82) is 0 Å². The second-order valence-corrected chi connectivity index (χ2v) is 22.6. The number of nitrogen functional groups attached to an aromatic ring is 1. The summed E-state index contributed by atoms with van der Waals surface area (Å²) in [6.45, 7) is 20.6. The lowest BCUT2D eigenvalue weighted by molar-refractivity contribution is -0.140. The van der Waals surface area contributed by atoms with Gasteiger partial charge >= 0.3 is 18.2 Å². The minimum atomic E-state index is -0.749. The third-order valence-corrected chi connectivity index (χ3v) is 13.3. The van der Waals surface area contributed by atoms with Crippen LogP contribution in [-0.2, 0) is 40.7 Å². The van der Waals surface area contributed by atoms with Gasteiger partial charge in [-0.1, -0.05) is 39.8 Å². The first-order chi connectivity index (χ1) is 34.2. The van der Waals surface area contributed by atoms with Gasteiger partial charge in [0.2, 0.25) is 19.5 Å². The van der Waals surface area contributed by atoms with E-state index >= 15 is 0 Å². The molecular formula is C56H68N6O11. The Hall–Kier alpha value is -7.56. The predicted molar refractivity (Wildman–Crippen MR) is 279 cm³/mol. The number of carbonyl (C=O) groups excluding carboxylic acids is 3. The Balaban J connectivity index is 0.000000162. The van der Waals surface area contributed by atoms with Crippen LogP contribution in [0.3, 0.4) is 0 Å². The van der Waals surface area contributed by atoms with Crippen LogP contribution in [0.4, 0.5) is 21.0 Å². The van der Waals surface area contributed by atoms with Crippen molar-refractivity contribution in [3.05, 3.63) is 107 Å². The van der Waals surface area contributed by atoms with Crippen LogP contribution in [0.15, 0.2) is 84.9 Å². The van der Waals surface area contributed by atoms with E-state index in [0.717, 1.165) is 68.5 Å². The van der Waals surface area contributed by atoms with Crippen LogP contribution < -0.4 is 40.6 Å². The highest BCUT2D eigenvalue weighted by molar-refractivity contribution is 6.02. The van der Waals surface area contributed by atoms with Crippen molar-refractivity contribution in [3.8, 4) is 23.0 Å². The zero-order valence-corrected chi connectivity index (χ0v) is 43.3. The average Bonchev–Trinajstić information content (AvgIpc) is 4.01. The Morgan fingerprint density at radius 3 is 1.47 bits per heavy atom. The van der Waals surface area contributed by atoms with Crippen LogP contribution in [-0.4, -0.2) is 77.0 Å². The second kappa shape index (κ2) is 19.5. The highest BCUT2D eigenvalue weighted by Crippen LogP contribution is 2.52. The number of aromatic nitrogens is 2. The first-order valence-corrected chi connectivity index (χ1v) is 24.6. The lowest BCUT2D eigenvalue weighted by atomic mass is 9.89. The van der Waals surface area contributed by atoms with Crippen molar-refractivity contribution in [2.24, 2.45) is 0 Å². The number of hydrogen-bond acceptors (Lipinski definition) is 11. The monoisotopic (exact) mass is 1000 g/mol. The number of H-pyrrole nitrogens is 2. The van der Waals surface area contributed by atoms with E-state index in [9.17, 15) is 19.2 Å². The molecule has 2 aliphatic heterocycles. The minimum Gasteiger partial charge on any atom is -0.481 e. The van der Waals surface area contributed by atoms with Crippen molar-refractivity contribution in [3.63, 3.8) is 0 Å². The number of rotatable bonds is 11. The molecule has 4 aliphatic rings. The van der Waals surface area contributed by atoms with Crippen LogP contribution in [0.5, 0.6) is 23.0 Å². The number of aromatic amines is 2. The molecule has 0 bridgehead atoms. The van der Waals surface area contributed by atoms with Gasteiger partial charge in [0.15, 0.2) is 23.0 Å². The number of fused-ring (bicyclic) bond motifs is 4. The van der Waals surface area contributed by atoms with Gasteiger partial charge in [-0.05, 0) is 151 Å². The summed E-state index contributed by atoms with van der Waals surface area (Å²) in [5.74, 6) is 1.99. The number of amides is 3. The number of benzene rings is 4. The zero-order chi connectivity index (χ0) is 52.7. The number of hydrogen-bond donors (Lipinski definition) is 7. The Bertz CT molecular complexity index is 3060. The van der Waals surface area contributed by atoms with Gasteiger partial charge in [0.05, 0.1) is 10.8 Å². The molecule has 0 spiro atoms. The highest BCUT2D eigenvalue weighted by atomic mass is 16.7. The van der Waals surface area contributed by atoms with E-state index in [0.29, 0.717) is 48.9 Å². The molecule has 0 saturated heterocycles. The molecule has 4 heterocycles. The van der Waals surface area contributed by atoms with Gasteiger partial charge in [-0.25, -0.2) is 9.59 Å². The van der Waals surface area contributed by atoms with Crippen molar-refractivity contribution in [2.45, 2.75) is 128 Å². The van der Waals surface area contributed by atoms with Crippen LogP contribution in [0.2, 0.25) is 0 Å². The highest BCUT2D eigenvalue weighted by Gasteiger charge is 2.53. The number of ether oxygens (including phenoxy) is 6. The second-order valence-electron chi connectivity index (χ2n) is 22.6. The van der Waals surface area contributed by atoms with Gasteiger partial charge in [0, 0.05) is 68.5 Å². The maximum absolute atomic E-state index is 13.3. The van der Waals surface area contributed by atoms with Crippen molar-refractivity contribution < 1.29 is 52.7 Å². The van der Waals surface area contributed by atoms with E-state index < -0.39 is 40.2 Å². The van der Waals surface area contributed by atoms with Crippen LogP contribution in [0, 0.1) is 0 Å². The molecule has 388 valence electrons. The fraction of sp³-hybridized carbons (Fsp3) is 0.429. The SMILES string of the molecule is CC(C)(C)OC(=O)NCC(C)(C)c1cc2cc(N)ccc2[nH]1.CC(C)(C)OC(=O)NCC(C)(C)c1cc2cc(NC(=O)C3(c4ccc5c(c4)OCO5)CC3)ccc2[nH]1.O=C(O)C1(c2ccc3c(c2)OCO3)CC1. The number of carboxylic acids is 1. The third-order valence-electron chi connectivity index (χ3n) is 13.3. The maximum Gasteiger partial charge on any atom is 0.407 e. The van der Waals surface area contributed by atoms with E-state index in [1.54, 1.807) is 12.1 Å². The number of carboxylic acid groups (broad SMARTS) is 1. The summed E-state index contributed by atoms with van der Waals surface area (Å²) in [7, 11) is 0. The Kier molecular flexibility index (Phi) is 13.8. The molecule has 3 amide bonds. The molecule has 8 N–H and O–H groups in total. The fourth-order valence-corrected chi connectivity index (χ4v) is 8.66. The molecule has 10 rings (SSSR count). The molecule has 0 atom stereocenters. The number of anilines is 2. The van der Waals surface area contributed by atoms with E-state index in [1.807, 2.05) is 102 Å².